The van der Waals surface area contributed by atoms with Crippen LogP contribution in [0.25, 0.3) is 0 Å². The highest BCUT2D eigenvalue weighted by Gasteiger charge is 2.20. The molecular formula is C11H17N3O2. The molecule has 16 heavy (non-hydrogen) atoms. The van der Waals surface area contributed by atoms with Crippen molar-refractivity contribution in [3.8, 4) is 0 Å². The topological polar surface area (TPSA) is 79.5 Å². The zero-order chi connectivity index (χ0) is 12.1. The molecule has 0 saturated carbocycles. The van der Waals surface area contributed by atoms with Crippen molar-refractivity contribution in [1.29, 1.82) is 0 Å². The number of hydrogen-bond acceptors (Lipinski definition) is 4. The van der Waals surface area contributed by atoms with Gasteiger partial charge < -0.3 is 15.7 Å². The number of nitrogens with zero attached hydrogens (tertiary/aromatic N) is 2. The van der Waals surface area contributed by atoms with Gasteiger partial charge in [0, 0.05) is 18.8 Å². The molecule has 88 valence electrons. The minimum absolute atomic E-state index is 0.000978. The van der Waals surface area contributed by atoms with Gasteiger partial charge in [0.15, 0.2) is 5.69 Å². The van der Waals surface area contributed by atoms with Gasteiger partial charge >= 0.3 is 0 Å². The molecule has 0 spiro atoms. The van der Waals surface area contributed by atoms with Crippen LogP contribution in [-0.2, 0) is 0 Å². The molecule has 1 aromatic heterocycles. The van der Waals surface area contributed by atoms with Gasteiger partial charge in [-0.25, -0.2) is 4.98 Å². The van der Waals surface area contributed by atoms with Crippen molar-refractivity contribution in [2.75, 3.05) is 18.9 Å². The van der Waals surface area contributed by atoms with Gasteiger partial charge in [0.2, 0.25) is 0 Å². The number of nitrogens with two attached hydrogens (primary N) is 1. The van der Waals surface area contributed by atoms with Crippen LogP contribution >= 0.6 is 0 Å². The fourth-order valence-corrected chi connectivity index (χ4v) is 1.43. The highest BCUT2D eigenvalue weighted by molar-refractivity contribution is 5.97. The van der Waals surface area contributed by atoms with Crippen LogP contribution in [-0.4, -0.2) is 40.1 Å². The Kier molecular flexibility index (Phi) is 4.25. The van der Waals surface area contributed by atoms with E-state index in [0.717, 1.165) is 0 Å². The van der Waals surface area contributed by atoms with E-state index in [1.165, 1.54) is 6.20 Å². The number of carbonyl (C=O) groups is 1. The summed E-state index contributed by atoms with van der Waals surface area (Å²) in [6.45, 7) is 3.97. The first-order chi connectivity index (χ1) is 7.57. The molecule has 0 bridgehead atoms. The van der Waals surface area contributed by atoms with E-state index < -0.39 is 0 Å². The van der Waals surface area contributed by atoms with E-state index in [0.29, 0.717) is 5.69 Å². The highest BCUT2D eigenvalue weighted by Crippen LogP contribution is 2.12. The highest BCUT2D eigenvalue weighted by atomic mass is 16.3. The Morgan fingerprint density at radius 2 is 2.31 bits per heavy atom. The average Bonchev–Trinajstić information content (AvgIpc) is 2.25. The fourth-order valence-electron chi connectivity index (χ4n) is 1.43. The zero-order valence-corrected chi connectivity index (χ0v) is 9.55. The van der Waals surface area contributed by atoms with E-state index >= 15 is 0 Å². The summed E-state index contributed by atoms with van der Waals surface area (Å²) in [5.41, 5.74) is 6.28. The SMILES string of the molecule is CC(C)N(CCO)C(=O)c1ncccc1N. The number of carbonyl (C=O) groups excluding carboxylic acids is 1. The van der Waals surface area contributed by atoms with Gasteiger partial charge in [0.25, 0.3) is 5.91 Å². The third-order valence-corrected chi connectivity index (χ3v) is 2.27. The molecule has 0 atom stereocenters. The van der Waals surface area contributed by atoms with Gasteiger partial charge in [0.1, 0.15) is 0 Å². The van der Waals surface area contributed by atoms with E-state index in [1.807, 2.05) is 13.8 Å². The summed E-state index contributed by atoms with van der Waals surface area (Å²) in [6.07, 6.45) is 1.53. The van der Waals surface area contributed by atoms with Crippen molar-refractivity contribution in [3.05, 3.63) is 24.0 Å². The second kappa shape index (κ2) is 5.46. The van der Waals surface area contributed by atoms with Crippen molar-refractivity contribution in [2.24, 2.45) is 0 Å². The summed E-state index contributed by atoms with van der Waals surface area (Å²) in [6, 6.07) is 3.32. The molecule has 3 N–H and O–H groups in total. The molecule has 0 aliphatic carbocycles. The zero-order valence-electron chi connectivity index (χ0n) is 9.55. The third kappa shape index (κ3) is 2.70. The van der Waals surface area contributed by atoms with Crippen LogP contribution in [0.4, 0.5) is 5.69 Å². The van der Waals surface area contributed by atoms with Gasteiger partial charge in [0.05, 0.1) is 12.3 Å². The lowest BCUT2D eigenvalue weighted by Gasteiger charge is -2.25. The molecule has 1 amide bonds. The summed E-state index contributed by atoms with van der Waals surface area (Å²) in [5.74, 6) is -0.248. The Morgan fingerprint density at radius 1 is 1.62 bits per heavy atom. The lowest BCUT2D eigenvalue weighted by atomic mass is 10.2. The van der Waals surface area contributed by atoms with Crippen LogP contribution in [0.2, 0.25) is 0 Å². The molecule has 0 radical (unpaired) electrons. The van der Waals surface area contributed by atoms with Crippen LogP contribution in [0.1, 0.15) is 24.3 Å². The first kappa shape index (κ1) is 12.4. The predicted octanol–water partition coefficient (Wildman–Crippen LogP) is 0.507. The van der Waals surface area contributed by atoms with Crippen LogP contribution in [0.3, 0.4) is 0 Å². The molecular weight excluding hydrogens is 206 g/mol. The molecule has 0 saturated heterocycles. The van der Waals surface area contributed by atoms with Crippen LogP contribution in [0.15, 0.2) is 18.3 Å². The van der Waals surface area contributed by atoms with Crippen LogP contribution in [0.5, 0.6) is 0 Å². The molecule has 5 nitrogen and oxygen atoms in total. The number of aliphatic hydroxyl groups is 1. The van der Waals surface area contributed by atoms with Crippen molar-refractivity contribution in [1.82, 2.24) is 9.88 Å². The lowest BCUT2D eigenvalue weighted by molar-refractivity contribution is 0.0660. The summed E-state index contributed by atoms with van der Waals surface area (Å²) in [5, 5.41) is 8.91. The van der Waals surface area contributed by atoms with Gasteiger partial charge in [-0.3, -0.25) is 4.79 Å². The Morgan fingerprint density at radius 3 is 2.81 bits per heavy atom. The fraction of sp³-hybridized carbons (Fsp3) is 0.455. The van der Waals surface area contributed by atoms with Crippen molar-refractivity contribution in [2.45, 2.75) is 19.9 Å². The first-order valence-corrected chi connectivity index (χ1v) is 5.20. The van der Waals surface area contributed by atoms with Crippen molar-refractivity contribution < 1.29 is 9.90 Å². The summed E-state index contributed by atoms with van der Waals surface area (Å²) in [7, 11) is 0. The second-order valence-corrected chi connectivity index (χ2v) is 3.76. The van der Waals surface area contributed by atoms with E-state index in [2.05, 4.69) is 4.98 Å². The summed E-state index contributed by atoms with van der Waals surface area (Å²) in [4.78, 5) is 17.6. The maximum absolute atomic E-state index is 12.1. The minimum atomic E-state index is -0.248. The van der Waals surface area contributed by atoms with Gasteiger partial charge in [-0.2, -0.15) is 0 Å². The molecule has 1 heterocycles. The molecule has 0 fully saturated rings. The Balaban J connectivity index is 2.95. The monoisotopic (exact) mass is 223 g/mol. The number of anilines is 1. The molecule has 1 rings (SSSR count). The minimum Gasteiger partial charge on any atom is -0.397 e. The number of nitrogen functional groups attached to an aromatic ring is 1. The van der Waals surface area contributed by atoms with E-state index in [9.17, 15) is 4.79 Å². The van der Waals surface area contributed by atoms with Gasteiger partial charge in [-0.1, -0.05) is 0 Å². The van der Waals surface area contributed by atoms with Crippen molar-refractivity contribution in [3.63, 3.8) is 0 Å². The number of hydrogen-bond donors (Lipinski definition) is 2. The molecule has 0 unspecified atom stereocenters. The smallest absolute Gasteiger partial charge is 0.274 e. The maximum atomic E-state index is 12.1. The number of aromatic nitrogens is 1. The van der Waals surface area contributed by atoms with Crippen LogP contribution in [0, 0.1) is 0 Å². The quantitative estimate of drug-likeness (QED) is 0.779. The van der Waals surface area contributed by atoms with E-state index in [-0.39, 0.29) is 30.8 Å². The Hall–Kier alpha value is -1.62. The van der Waals surface area contributed by atoms with Crippen LogP contribution < -0.4 is 5.73 Å². The maximum Gasteiger partial charge on any atom is 0.274 e. The molecule has 0 aliphatic heterocycles. The number of rotatable bonds is 4. The predicted molar refractivity (Wildman–Crippen MR) is 61.9 cm³/mol. The summed E-state index contributed by atoms with van der Waals surface area (Å²) < 4.78 is 0. The van der Waals surface area contributed by atoms with Gasteiger partial charge in [-0.15, -0.1) is 0 Å². The standard InChI is InChI=1S/C11H17N3O2/c1-8(2)14(6-7-15)11(16)10-9(12)4-3-5-13-10/h3-5,8,15H,6-7,12H2,1-2H3. The van der Waals surface area contributed by atoms with Crippen molar-refractivity contribution >= 4 is 11.6 Å². The van der Waals surface area contributed by atoms with E-state index in [4.69, 9.17) is 10.8 Å². The molecule has 1 aromatic rings. The second-order valence-electron chi connectivity index (χ2n) is 3.76. The normalized spacial score (nSPS) is 10.5. The molecule has 0 aromatic carbocycles. The van der Waals surface area contributed by atoms with Gasteiger partial charge in [-0.05, 0) is 26.0 Å². The largest absolute Gasteiger partial charge is 0.397 e. The first-order valence-electron chi connectivity index (χ1n) is 5.20. The average molecular weight is 223 g/mol. The number of aliphatic hydroxyl groups excluding tert-OH is 1. The Bertz CT molecular complexity index is 366. The third-order valence-electron chi connectivity index (χ3n) is 2.27. The lowest BCUT2D eigenvalue weighted by Crippen LogP contribution is -2.39. The van der Waals surface area contributed by atoms with E-state index in [1.54, 1.807) is 17.0 Å². The number of pyridine rings is 1. The Labute approximate surface area is 94.9 Å². The molecule has 5 heteroatoms. The number of amides is 1. The molecule has 0 aliphatic rings. The summed E-state index contributed by atoms with van der Waals surface area (Å²) >= 11 is 0.